The summed E-state index contributed by atoms with van der Waals surface area (Å²) in [5.74, 6) is 0.114. The molecule has 1 amide bonds. The topological polar surface area (TPSA) is 63.1 Å². The van der Waals surface area contributed by atoms with Crippen LogP contribution in [0.5, 0.6) is 0 Å². The molecular weight excluding hydrogens is 206 g/mol. The summed E-state index contributed by atoms with van der Waals surface area (Å²) in [6.45, 7) is 3.46. The third kappa shape index (κ3) is 2.06. The predicted octanol–water partition coefficient (Wildman–Crippen LogP) is -0.341. The lowest BCUT2D eigenvalue weighted by molar-refractivity contribution is -0.133. The third-order valence-electron chi connectivity index (χ3n) is 3.10. The highest BCUT2D eigenvalue weighted by atomic mass is 16.2. The minimum atomic E-state index is -0.266. The van der Waals surface area contributed by atoms with Crippen molar-refractivity contribution in [2.45, 2.75) is 25.4 Å². The zero-order valence-electron chi connectivity index (χ0n) is 9.63. The molecule has 0 radical (unpaired) electrons. The molecule has 0 saturated carbocycles. The Morgan fingerprint density at radius 2 is 2.44 bits per heavy atom. The van der Waals surface area contributed by atoms with Crippen molar-refractivity contribution in [2.75, 3.05) is 20.1 Å². The number of likely N-dealkylation sites (tertiary alicyclic amines) is 1. The normalized spacial score (nSPS) is 22.4. The van der Waals surface area contributed by atoms with Crippen LogP contribution < -0.4 is 5.32 Å². The van der Waals surface area contributed by atoms with Gasteiger partial charge in [0.2, 0.25) is 5.91 Å². The molecular formula is C10H17N5O. The van der Waals surface area contributed by atoms with E-state index in [2.05, 4.69) is 15.4 Å². The fourth-order valence-corrected chi connectivity index (χ4v) is 1.99. The van der Waals surface area contributed by atoms with Crippen molar-refractivity contribution < 1.29 is 4.79 Å². The summed E-state index contributed by atoms with van der Waals surface area (Å²) < 4.78 is 1.59. The van der Waals surface area contributed by atoms with Gasteiger partial charge in [-0.15, -0.1) is 0 Å². The van der Waals surface area contributed by atoms with Gasteiger partial charge in [0.1, 0.15) is 18.7 Å². The molecule has 1 aliphatic rings. The molecule has 2 heterocycles. The van der Waals surface area contributed by atoms with Gasteiger partial charge in [-0.05, 0) is 20.4 Å². The van der Waals surface area contributed by atoms with Crippen LogP contribution in [0.3, 0.4) is 0 Å². The number of nitrogens with one attached hydrogen (secondary N) is 1. The highest BCUT2D eigenvalue weighted by molar-refractivity contribution is 5.80. The van der Waals surface area contributed by atoms with Crippen LogP contribution >= 0.6 is 0 Å². The van der Waals surface area contributed by atoms with E-state index in [-0.39, 0.29) is 11.9 Å². The lowest BCUT2D eigenvalue weighted by atomic mass is 10.3. The molecule has 1 saturated heterocycles. The van der Waals surface area contributed by atoms with E-state index in [4.69, 9.17) is 0 Å². The molecule has 88 valence electrons. The fourth-order valence-electron chi connectivity index (χ4n) is 1.99. The standard InChI is InChI=1S/C10H17N5O/c1-8(15-7-12-6-13-15)10(16)14-4-3-9(5-14)11-2/h6-9,11H,3-5H2,1-2H3. The number of likely N-dealkylation sites (N-methyl/N-ethyl adjacent to an activating group) is 1. The second-order valence-corrected chi connectivity index (χ2v) is 4.11. The molecule has 6 heteroatoms. The van der Waals surface area contributed by atoms with Gasteiger partial charge in [-0.2, -0.15) is 5.10 Å². The Balaban J connectivity index is 1.98. The first kappa shape index (κ1) is 11.1. The first-order valence-electron chi connectivity index (χ1n) is 5.52. The summed E-state index contributed by atoms with van der Waals surface area (Å²) in [6.07, 6.45) is 4.05. The Morgan fingerprint density at radius 3 is 3.00 bits per heavy atom. The molecule has 2 atom stereocenters. The van der Waals surface area contributed by atoms with Crippen LogP contribution in [-0.4, -0.2) is 51.8 Å². The van der Waals surface area contributed by atoms with E-state index in [0.717, 1.165) is 19.5 Å². The van der Waals surface area contributed by atoms with Gasteiger partial charge in [0.25, 0.3) is 0 Å². The zero-order chi connectivity index (χ0) is 11.5. The molecule has 0 bridgehead atoms. The number of hydrogen-bond acceptors (Lipinski definition) is 4. The van der Waals surface area contributed by atoms with E-state index < -0.39 is 0 Å². The number of amides is 1. The maximum absolute atomic E-state index is 12.1. The molecule has 1 N–H and O–H groups in total. The van der Waals surface area contributed by atoms with Crippen molar-refractivity contribution >= 4 is 5.91 Å². The molecule has 16 heavy (non-hydrogen) atoms. The highest BCUT2D eigenvalue weighted by Crippen LogP contribution is 2.14. The molecule has 2 unspecified atom stereocenters. The average Bonchev–Trinajstić information content (AvgIpc) is 2.97. The number of carbonyl (C=O) groups is 1. The minimum Gasteiger partial charge on any atom is -0.339 e. The molecule has 0 spiro atoms. The van der Waals surface area contributed by atoms with Crippen molar-refractivity contribution in [2.24, 2.45) is 0 Å². The monoisotopic (exact) mass is 223 g/mol. The van der Waals surface area contributed by atoms with Crippen molar-refractivity contribution in [3.05, 3.63) is 12.7 Å². The number of aromatic nitrogens is 3. The summed E-state index contributed by atoms with van der Waals surface area (Å²) in [6, 6.07) is 0.157. The van der Waals surface area contributed by atoms with Gasteiger partial charge < -0.3 is 10.2 Å². The van der Waals surface area contributed by atoms with Gasteiger partial charge in [-0.3, -0.25) is 4.79 Å². The van der Waals surface area contributed by atoms with Gasteiger partial charge in [0, 0.05) is 19.1 Å². The first-order chi connectivity index (χ1) is 7.72. The number of rotatable bonds is 3. The van der Waals surface area contributed by atoms with Crippen LogP contribution in [0.4, 0.5) is 0 Å². The summed E-state index contributed by atoms with van der Waals surface area (Å²) in [7, 11) is 1.93. The number of hydrogen-bond donors (Lipinski definition) is 1. The molecule has 1 aromatic rings. The van der Waals surface area contributed by atoms with Crippen LogP contribution in [0, 0.1) is 0 Å². The second kappa shape index (κ2) is 4.61. The van der Waals surface area contributed by atoms with E-state index in [1.165, 1.54) is 6.33 Å². The van der Waals surface area contributed by atoms with Crippen LogP contribution in [0.25, 0.3) is 0 Å². The molecule has 0 aliphatic carbocycles. The molecule has 2 rings (SSSR count). The van der Waals surface area contributed by atoms with Crippen molar-refractivity contribution in [1.82, 2.24) is 25.0 Å². The van der Waals surface area contributed by atoms with Gasteiger partial charge in [-0.1, -0.05) is 0 Å². The molecule has 6 nitrogen and oxygen atoms in total. The Morgan fingerprint density at radius 1 is 1.62 bits per heavy atom. The Labute approximate surface area is 94.6 Å². The lowest BCUT2D eigenvalue weighted by Crippen LogP contribution is -2.37. The molecule has 0 aromatic carbocycles. The largest absolute Gasteiger partial charge is 0.339 e. The van der Waals surface area contributed by atoms with E-state index in [9.17, 15) is 4.79 Å². The SMILES string of the molecule is CNC1CCN(C(=O)C(C)n2cncn2)C1. The Kier molecular flexibility index (Phi) is 3.19. The van der Waals surface area contributed by atoms with E-state index in [0.29, 0.717) is 6.04 Å². The Bertz CT molecular complexity index is 350. The van der Waals surface area contributed by atoms with Crippen molar-refractivity contribution in [3.8, 4) is 0 Å². The van der Waals surface area contributed by atoms with Gasteiger partial charge >= 0.3 is 0 Å². The number of nitrogens with zero attached hydrogens (tertiary/aromatic N) is 4. The van der Waals surface area contributed by atoms with Crippen LogP contribution in [0.15, 0.2) is 12.7 Å². The predicted molar refractivity (Wildman–Crippen MR) is 58.8 cm³/mol. The second-order valence-electron chi connectivity index (χ2n) is 4.11. The zero-order valence-corrected chi connectivity index (χ0v) is 9.63. The van der Waals surface area contributed by atoms with E-state index >= 15 is 0 Å². The third-order valence-corrected chi connectivity index (χ3v) is 3.10. The summed E-state index contributed by atoms with van der Waals surface area (Å²) in [5, 5.41) is 7.18. The van der Waals surface area contributed by atoms with Crippen LogP contribution in [0.1, 0.15) is 19.4 Å². The van der Waals surface area contributed by atoms with Crippen molar-refractivity contribution in [3.63, 3.8) is 0 Å². The van der Waals surface area contributed by atoms with Gasteiger partial charge in [0.15, 0.2) is 0 Å². The molecule has 1 fully saturated rings. The number of carbonyl (C=O) groups excluding carboxylic acids is 1. The summed E-state index contributed by atoms with van der Waals surface area (Å²) >= 11 is 0. The van der Waals surface area contributed by atoms with Crippen LogP contribution in [-0.2, 0) is 4.79 Å². The van der Waals surface area contributed by atoms with E-state index in [1.807, 2.05) is 18.9 Å². The maximum atomic E-state index is 12.1. The van der Waals surface area contributed by atoms with Crippen molar-refractivity contribution in [1.29, 1.82) is 0 Å². The Hall–Kier alpha value is -1.43. The smallest absolute Gasteiger partial charge is 0.247 e. The fraction of sp³-hybridized carbons (Fsp3) is 0.700. The van der Waals surface area contributed by atoms with Gasteiger partial charge in [0.05, 0.1) is 0 Å². The van der Waals surface area contributed by atoms with Crippen LogP contribution in [0.2, 0.25) is 0 Å². The first-order valence-corrected chi connectivity index (χ1v) is 5.52. The highest BCUT2D eigenvalue weighted by Gasteiger charge is 2.28. The lowest BCUT2D eigenvalue weighted by Gasteiger charge is -2.20. The van der Waals surface area contributed by atoms with E-state index in [1.54, 1.807) is 11.0 Å². The molecule has 1 aliphatic heterocycles. The maximum Gasteiger partial charge on any atom is 0.247 e. The minimum absolute atomic E-state index is 0.114. The molecule has 1 aromatic heterocycles. The summed E-state index contributed by atoms with van der Waals surface area (Å²) in [5.41, 5.74) is 0. The average molecular weight is 223 g/mol. The van der Waals surface area contributed by atoms with Gasteiger partial charge in [-0.25, -0.2) is 9.67 Å². The quantitative estimate of drug-likeness (QED) is 0.761. The summed E-state index contributed by atoms with van der Waals surface area (Å²) in [4.78, 5) is 17.8.